The molecule has 1 amide bonds. The lowest BCUT2D eigenvalue weighted by Crippen LogP contribution is -2.29. The highest BCUT2D eigenvalue weighted by atomic mass is 35.5. The number of nitrogens with zero attached hydrogens (tertiary/aromatic N) is 3. The fourth-order valence-corrected chi connectivity index (χ4v) is 3.11. The van der Waals surface area contributed by atoms with Crippen LogP contribution in [0.25, 0.3) is 5.69 Å². The minimum absolute atomic E-state index is 0.0743. The number of hydrogen-bond acceptors (Lipinski definition) is 4. The third kappa shape index (κ3) is 4.41. The van der Waals surface area contributed by atoms with Crippen LogP contribution in [0.5, 0.6) is 11.5 Å². The van der Waals surface area contributed by atoms with Crippen molar-refractivity contribution in [1.29, 1.82) is 5.26 Å². The summed E-state index contributed by atoms with van der Waals surface area (Å²) >= 11 is 6.15. The summed E-state index contributed by atoms with van der Waals surface area (Å²) in [6.07, 6.45) is 0. The lowest BCUT2D eigenvalue weighted by Gasteiger charge is -2.10. The van der Waals surface area contributed by atoms with E-state index in [1.54, 1.807) is 47.1 Å². The van der Waals surface area contributed by atoms with E-state index in [-0.39, 0.29) is 11.9 Å². The van der Waals surface area contributed by atoms with Gasteiger partial charge < -0.3 is 10.1 Å². The SMILES string of the molecule is Cc1nn(-c2ccc(C#N)c(Cl)c2)c(C)c1Oc1ccc(C(=O)NC(C)C)cc1. The molecule has 148 valence electrons. The van der Waals surface area contributed by atoms with Gasteiger partial charge in [-0.2, -0.15) is 10.4 Å². The number of halogens is 1. The highest BCUT2D eigenvalue weighted by molar-refractivity contribution is 6.31. The lowest BCUT2D eigenvalue weighted by atomic mass is 10.2. The zero-order valence-electron chi connectivity index (χ0n) is 16.7. The first kappa shape index (κ1) is 20.4. The molecule has 2 aromatic carbocycles. The molecule has 29 heavy (non-hydrogen) atoms. The lowest BCUT2D eigenvalue weighted by molar-refractivity contribution is 0.0943. The Morgan fingerprint density at radius 3 is 2.48 bits per heavy atom. The molecule has 0 saturated carbocycles. The smallest absolute Gasteiger partial charge is 0.251 e. The van der Waals surface area contributed by atoms with E-state index in [2.05, 4.69) is 10.4 Å². The first-order chi connectivity index (χ1) is 13.8. The maximum Gasteiger partial charge on any atom is 0.251 e. The number of carbonyl (C=O) groups excluding carboxylic acids is 1. The first-order valence-corrected chi connectivity index (χ1v) is 9.53. The molecule has 0 aliphatic heterocycles. The number of carbonyl (C=O) groups is 1. The van der Waals surface area contributed by atoms with E-state index in [9.17, 15) is 4.79 Å². The van der Waals surface area contributed by atoms with Gasteiger partial charge in [-0.05, 0) is 70.2 Å². The van der Waals surface area contributed by atoms with E-state index >= 15 is 0 Å². The predicted molar refractivity (Wildman–Crippen MR) is 112 cm³/mol. The van der Waals surface area contributed by atoms with Gasteiger partial charge in [0.05, 0.1) is 22.0 Å². The van der Waals surface area contributed by atoms with Crippen LogP contribution in [0.15, 0.2) is 42.5 Å². The number of hydrogen-bond donors (Lipinski definition) is 1. The fourth-order valence-electron chi connectivity index (χ4n) is 2.89. The van der Waals surface area contributed by atoms with Crippen LogP contribution in [0, 0.1) is 25.2 Å². The van der Waals surface area contributed by atoms with Crippen molar-refractivity contribution in [3.63, 3.8) is 0 Å². The molecule has 0 fully saturated rings. The van der Waals surface area contributed by atoms with Crippen LogP contribution in [0.2, 0.25) is 5.02 Å². The van der Waals surface area contributed by atoms with Crippen LogP contribution in [0.3, 0.4) is 0 Å². The standard InChI is InChI=1S/C22H21ClN4O2/c1-13(2)25-22(28)16-6-9-19(10-7-16)29-21-14(3)26-27(15(21)4)18-8-5-17(12-24)20(23)11-18/h5-11,13H,1-4H3,(H,25,28). The molecular formula is C22H21ClN4O2. The number of rotatable bonds is 5. The number of amides is 1. The topological polar surface area (TPSA) is 79.9 Å². The third-order valence-electron chi connectivity index (χ3n) is 4.30. The van der Waals surface area contributed by atoms with Crippen LogP contribution < -0.4 is 10.1 Å². The number of ether oxygens (including phenoxy) is 1. The summed E-state index contributed by atoms with van der Waals surface area (Å²) < 4.78 is 7.76. The molecule has 3 rings (SSSR count). The van der Waals surface area contributed by atoms with Crippen molar-refractivity contribution < 1.29 is 9.53 Å². The molecule has 0 spiro atoms. The van der Waals surface area contributed by atoms with Gasteiger partial charge in [0.1, 0.15) is 17.5 Å². The zero-order chi connectivity index (χ0) is 21.1. The number of aromatic nitrogens is 2. The molecular weight excluding hydrogens is 388 g/mol. The van der Waals surface area contributed by atoms with Crippen LogP contribution in [-0.4, -0.2) is 21.7 Å². The van der Waals surface area contributed by atoms with Gasteiger partial charge in [-0.15, -0.1) is 0 Å². The van der Waals surface area contributed by atoms with Crippen LogP contribution >= 0.6 is 11.6 Å². The number of nitrogens with one attached hydrogen (secondary N) is 1. The van der Waals surface area contributed by atoms with Crippen molar-refractivity contribution in [3.05, 3.63) is 70.0 Å². The Bertz CT molecular complexity index is 1100. The van der Waals surface area contributed by atoms with Crippen molar-refractivity contribution in [2.24, 2.45) is 0 Å². The van der Waals surface area contributed by atoms with E-state index < -0.39 is 0 Å². The van der Waals surface area contributed by atoms with Crippen LogP contribution in [-0.2, 0) is 0 Å². The van der Waals surface area contributed by atoms with E-state index in [0.717, 1.165) is 11.4 Å². The van der Waals surface area contributed by atoms with Crippen molar-refractivity contribution in [2.75, 3.05) is 0 Å². The Balaban J connectivity index is 1.85. The molecule has 1 heterocycles. The van der Waals surface area contributed by atoms with E-state index in [1.807, 2.05) is 33.8 Å². The van der Waals surface area contributed by atoms with Gasteiger partial charge in [-0.1, -0.05) is 11.6 Å². The summed E-state index contributed by atoms with van der Waals surface area (Å²) in [5.74, 6) is 1.11. The number of nitriles is 1. The van der Waals surface area contributed by atoms with Gasteiger partial charge in [0.2, 0.25) is 0 Å². The average molecular weight is 409 g/mol. The molecule has 7 heteroatoms. The minimum Gasteiger partial charge on any atom is -0.453 e. The van der Waals surface area contributed by atoms with Crippen molar-refractivity contribution in [2.45, 2.75) is 33.7 Å². The number of aryl methyl sites for hydroxylation is 1. The molecule has 0 unspecified atom stereocenters. The maximum absolute atomic E-state index is 12.1. The third-order valence-corrected chi connectivity index (χ3v) is 4.61. The fraction of sp³-hybridized carbons (Fsp3) is 0.227. The van der Waals surface area contributed by atoms with E-state index in [0.29, 0.717) is 33.3 Å². The molecule has 0 atom stereocenters. The second-order valence-corrected chi connectivity index (χ2v) is 7.35. The largest absolute Gasteiger partial charge is 0.453 e. The Morgan fingerprint density at radius 2 is 1.90 bits per heavy atom. The average Bonchev–Trinajstić information content (AvgIpc) is 2.96. The van der Waals surface area contributed by atoms with Crippen LogP contribution in [0.4, 0.5) is 0 Å². The van der Waals surface area contributed by atoms with Crippen molar-refractivity contribution in [1.82, 2.24) is 15.1 Å². The predicted octanol–water partition coefficient (Wildman–Crippen LogP) is 4.94. The summed E-state index contributed by atoms with van der Waals surface area (Å²) in [5.41, 5.74) is 3.23. The molecule has 0 aliphatic carbocycles. The van der Waals surface area contributed by atoms with Gasteiger partial charge in [0.15, 0.2) is 5.75 Å². The summed E-state index contributed by atoms with van der Waals surface area (Å²) in [4.78, 5) is 12.1. The van der Waals surface area contributed by atoms with Gasteiger partial charge in [-0.3, -0.25) is 4.79 Å². The zero-order valence-corrected chi connectivity index (χ0v) is 17.4. The van der Waals surface area contributed by atoms with Gasteiger partial charge in [0, 0.05) is 11.6 Å². The summed E-state index contributed by atoms with van der Waals surface area (Å²) in [6, 6.07) is 14.2. The quantitative estimate of drug-likeness (QED) is 0.648. The monoisotopic (exact) mass is 408 g/mol. The second-order valence-electron chi connectivity index (χ2n) is 6.94. The second kappa shape index (κ2) is 8.38. The highest BCUT2D eigenvalue weighted by Crippen LogP contribution is 2.31. The molecule has 0 saturated heterocycles. The highest BCUT2D eigenvalue weighted by Gasteiger charge is 2.16. The Labute approximate surface area is 174 Å². The Kier molecular flexibility index (Phi) is 5.90. The molecule has 1 N–H and O–H groups in total. The Morgan fingerprint density at radius 1 is 1.21 bits per heavy atom. The normalized spacial score (nSPS) is 10.7. The molecule has 1 aromatic heterocycles. The molecule has 6 nitrogen and oxygen atoms in total. The minimum atomic E-state index is -0.121. The van der Waals surface area contributed by atoms with Gasteiger partial charge >= 0.3 is 0 Å². The van der Waals surface area contributed by atoms with Gasteiger partial charge in [-0.25, -0.2) is 4.68 Å². The molecule has 0 radical (unpaired) electrons. The summed E-state index contributed by atoms with van der Waals surface area (Å²) in [6.45, 7) is 7.58. The molecule has 0 aliphatic rings. The van der Waals surface area contributed by atoms with Gasteiger partial charge in [0.25, 0.3) is 5.91 Å². The maximum atomic E-state index is 12.1. The molecule has 3 aromatic rings. The number of benzene rings is 2. The summed E-state index contributed by atoms with van der Waals surface area (Å²) in [5, 5.41) is 16.8. The van der Waals surface area contributed by atoms with Crippen LogP contribution in [0.1, 0.15) is 41.2 Å². The Hall–Kier alpha value is -3.30. The molecule has 0 bridgehead atoms. The summed E-state index contributed by atoms with van der Waals surface area (Å²) in [7, 11) is 0. The van der Waals surface area contributed by atoms with Crippen molar-refractivity contribution in [3.8, 4) is 23.3 Å². The van der Waals surface area contributed by atoms with Crippen molar-refractivity contribution >= 4 is 17.5 Å². The first-order valence-electron chi connectivity index (χ1n) is 9.15. The van der Waals surface area contributed by atoms with E-state index in [4.69, 9.17) is 21.6 Å². The van der Waals surface area contributed by atoms with E-state index in [1.165, 1.54) is 0 Å².